The Morgan fingerprint density at radius 3 is 3.05 bits per heavy atom. The zero-order valence-electron chi connectivity index (χ0n) is 12.5. The van der Waals surface area contributed by atoms with Gasteiger partial charge >= 0.3 is 0 Å². The molecule has 4 heteroatoms. The summed E-state index contributed by atoms with van der Waals surface area (Å²) < 4.78 is 8.00. The minimum atomic E-state index is 0.388. The molecule has 1 aromatic heterocycles. The van der Waals surface area contributed by atoms with E-state index in [0.29, 0.717) is 23.6 Å². The summed E-state index contributed by atoms with van der Waals surface area (Å²) in [6.07, 6.45) is 10.1. The number of rotatable bonds is 4. The Labute approximate surface area is 120 Å². The highest BCUT2D eigenvalue weighted by molar-refractivity contribution is 5.20. The molecule has 1 spiro atoms. The van der Waals surface area contributed by atoms with Crippen molar-refractivity contribution >= 4 is 0 Å². The second-order valence-electron chi connectivity index (χ2n) is 6.83. The van der Waals surface area contributed by atoms with Crippen LogP contribution < -0.4 is 5.32 Å². The van der Waals surface area contributed by atoms with Crippen LogP contribution in [0.15, 0.2) is 12.4 Å². The third-order valence-corrected chi connectivity index (χ3v) is 5.94. The Morgan fingerprint density at radius 2 is 2.40 bits per heavy atom. The van der Waals surface area contributed by atoms with Gasteiger partial charge < -0.3 is 10.1 Å². The van der Waals surface area contributed by atoms with E-state index < -0.39 is 0 Å². The molecular weight excluding hydrogens is 250 g/mol. The van der Waals surface area contributed by atoms with Crippen molar-refractivity contribution in [2.24, 2.45) is 11.3 Å². The molecule has 4 atom stereocenters. The van der Waals surface area contributed by atoms with Gasteiger partial charge in [-0.25, -0.2) is 0 Å². The van der Waals surface area contributed by atoms with E-state index in [2.05, 4.69) is 30.5 Å². The molecule has 0 radical (unpaired) electrons. The monoisotopic (exact) mass is 275 g/mol. The average Bonchev–Trinajstić information content (AvgIpc) is 3.01. The second-order valence-corrected chi connectivity index (χ2v) is 6.83. The Hall–Kier alpha value is -0.870. The molecule has 0 bridgehead atoms. The normalized spacial score (nSPS) is 35.4. The molecule has 4 rings (SSSR count). The summed E-state index contributed by atoms with van der Waals surface area (Å²) in [6, 6.07) is 1.04. The first kappa shape index (κ1) is 12.8. The molecule has 20 heavy (non-hydrogen) atoms. The van der Waals surface area contributed by atoms with Crippen LogP contribution in [0, 0.1) is 11.3 Å². The van der Waals surface area contributed by atoms with Crippen molar-refractivity contribution in [1.29, 1.82) is 0 Å². The molecule has 3 fully saturated rings. The van der Waals surface area contributed by atoms with Crippen LogP contribution in [0.1, 0.15) is 51.1 Å². The van der Waals surface area contributed by atoms with Crippen LogP contribution in [0.5, 0.6) is 0 Å². The van der Waals surface area contributed by atoms with Crippen LogP contribution in [0.4, 0.5) is 0 Å². The topological polar surface area (TPSA) is 39.1 Å². The highest BCUT2D eigenvalue weighted by Crippen LogP contribution is 2.63. The van der Waals surface area contributed by atoms with E-state index in [1.54, 1.807) is 0 Å². The van der Waals surface area contributed by atoms with Crippen molar-refractivity contribution in [3.8, 4) is 0 Å². The van der Waals surface area contributed by atoms with Crippen LogP contribution in [-0.4, -0.2) is 28.5 Å². The lowest BCUT2D eigenvalue weighted by Gasteiger charge is -2.64. The number of aryl methyl sites for hydroxylation is 1. The molecule has 2 heterocycles. The van der Waals surface area contributed by atoms with Crippen molar-refractivity contribution < 1.29 is 4.74 Å². The molecule has 0 unspecified atom stereocenters. The van der Waals surface area contributed by atoms with Crippen molar-refractivity contribution in [3.05, 3.63) is 18.0 Å². The van der Waals surface area contributed by atoms with Gasteiger partial charge in [-0.1, -0.05) is 6.42 Å². The highest BCUT2D eigenvalue weighted by atomic mass is 16.5. The van der Waals surface area contributed by atoms with Crippen LogP contribution in [0.3, 0.4) is 0 Å². The predicted molar refractivity (Wildman–Crippen MR) is 77.4 cm³/mol. The van der Waals surface area contributed by atoms with Crippen LogP contribution in [0.2, 0.25) is 0 Å². The van der Waals surface area contributed by atoms with Gasteiger partial charge in [-0.05, 0) is 33.1 Å². The number of ether oxygens (including phenoxy) is 1. The van der Waals surface area contributed by atoms with Gasteiger partial charge in [-0.15, -0.1) is 0 Å². The molecule has 1 aliphatic heterocycles. The molecule has 1 N–H and O–H groups in total. The van der Waals surface area contributed by atoms with Crippen molar-refractivity contribution in [2.45, 2.75) is 64.3 Å². The molecular formula is C16H25N3O. The number of hydrogen-bond donors (Lipinski definition) is 1. The number of nitrogens with one attached hydrogen (secondary N) is 1. The maximum atomic E-state index is 5.99. The van der Waals surface area contributed by atoms with E-state index in [1.165, 1.54) is 31.2 Å². The van der Waals surface area contributed by atoms with Gasteiger partial charge in [0.05, 0.1) is 12.3 Å². The average molecular weight is 275 g/mol. The van der Waals surface area contributed by atoms with Crippen LogP contribution >= 0.6 is 0 Å². The van der Waals surface area contributed by atoms with Crippen LogP contribution in [0.25, 0.3) is 0 Å². The summed E-state index contributed by atoms with van der Waals surface area (Å²) in [4.78, 5) is 0. The van der Waals surface area contributed by atoms with Gasteiger partial charge in [-0.3, -0.25) is 4.68 Å². The second kappa shape index (κ2) is 4.57. The summed E-state index contributed by atoms with van der Waals surface area (Å²) in [5.41, 5.74) is 1.78. The van der Waals surface area contributed by atoms with Crippen molar-refractivity contribution in [1.82, 2.24) is 15.1 Å². The smallest absolute Gasteiger partial charge is 0.0690 e. The molecule has 2 saturated carbocycles. The number of nitrogens with zero attached hydrogens (tertiary/aromatic N) is 2. The standard InChI is InChI=1S/C16H25N3O/c1-3-19-10-12(9-17-19)11(2)18-14-13-5-8-20-15(13)16(14)6-4-7-16/h9-11,13-15,18H,3-8H2,1-2H3/t11-,13+,14+,15-/m0/s1. The minimum absolute atomic E-state index is 0.388. The van der Waals surface area contributed by atoms with E-state index in [-0.39, 0.29) is 0 Å². The quantitative estimate of drug-likeness (QED) is 0.917. The van der Waals surface area contributed by atoms with Crippen molar-refractivity contribution in [2.75, 3.05) is 6.61 Å². The van der Waals surface area contributed by atoms with Gasteiger partial charge in [-0.2, -0.15) is 5.10 Å². The van der Waals surface area contributed by atoms with Gasteiger partial charge in [0.15, 0.2) is 0 Å². The lowest BCUT2D eigenvalue weighted by Crippen LogP contribution is -2.71. The summed E-state index contributed by atoms with van der Waals surface area (Å²) in [7, 11) is 0. The molecule has 110 valence electrons. The maximum Gasteiger partial charge on any atom is 0.0690 e. The minimum Gasteiger partial charge on any atom is -0.377 e. The summed E-state index contributed by atoms with van der Waals surface area (Å²) >= 11 is 0. The Bertz CT molecular complexity index is 494. The van der Waals surface area contributed by atoms with E-state index in [9.17, 15) is 0 Å². The maximum absolute atomic E-state index is 5.99. The van der Waals surface area contributed by atoms with Gasteiger partial charge in [0, 0.05) is 48.3 Å². The fraction of sp³-hybridized carbons (Fsp3) is 0.812. The van der Waals surface area contributed by atoms with Gasteiger partial charge in [0.25, 0.3) is 0 Å². The first-order chi connectivity index (χ1) is 9.74. The molecule has 0 aromatic carbocycles. The molecule has 3 aliphatic rings. The first-order valence-corrected chi connectivity index (χ1v) is 8.14. The fourth-order valence-electron chi connectivity index (χ4n) is 4.64. The third-order valence-electron chi connectivity index (χ3n) is 5.94. The zero-order valence-corrected chi connectivity index (χ0v) is 12.5. The van der Waals surface area contributed by atoms with E-state index in [4.69, 9.17) is 4.74 Å². The highest BCUT2D eigenvalue weighted by Gasteiger charge is 2.66. The first-order valence-electron chi connectivity index (χ1n) is 8.14. The van der Waals surface area contributed by atoms with E-state index >= 15 is 0 Å². The van der Waals surface area contributed by atoms with Gasteiger partial charge in [0.1, 0.15) is 0 Å². The van der Waals surface area contributed by atoms with Gasteiger partial charge in [0.2, 0.25) is 0 Å². The lowest BCUT2D eigenvalue weighted by molar-refractivity contribution is -0.178. The lowest BCUT2D eigenvalue weighted by atomic mass is 9.46. The largest absolute Gasteiger partial charge is 0.377 e. The number of hydrogen-bond acceptors (Lipinski definition) is 3. The fourth-order valence-corrected chi connectivity index (χ4v) is 4.64. The summed E-state index contributed by atoms with van der Waals surface area (Å²) in [5, 5.41) is 8.30. The molecule has 4 nitrogen and oxygen atoms in total. The SMILES string of the molecule is CCn1cc([C@H](C)N[C@@H]2[C@H]3CCO[C@@H]3C23CCC3)cn1. The van der Waals surface area contributed by atoms with E-state index in [0.717, 1.165) is 19.1 Å². The van der Waals surface area contributed by atoms with E-state index in [1.807, 2.05) is 10.9 Å². The Balaban J connectivity index is 1.48. The third kappa shape index (κ3) is 1.64. The Kier molecular flexibility index (Phi) is 2.93. The molecule has 1 aromatic rings. The molecule has 0 amide bonds. The van der Waals surface area contributed by atoms with Crippen molar-refractivity contribution in [3.63, 3.8) is 0 Å². The molecule has 2 aliphatic carbocycles. The number of aromatic nitrogens is 2. The Morgan fingerprint density at radius 1 is 1.55 bits per heavy atom. The summed E-state index contributed by atoms with van der Waals surface area (Å²) in [5.74, 6) is 0.749. The van der Waals surface area contributed by atoms with Crippen LogP contribution in [-0.2, 0) is 11.3 Å². The molecule has 1 saturated heterocycles. The zero-order chi connectivity index (χ0) is 13.7. The summed E-state index contributed by atoms with van der Waals surface area (Å²) in [6.45, 7) is 6.31. The number of fused-ring (bicyclic) bond motifs is 2. The predicted octanol–water partition coefficient (Wildman–Crippen LogP) is 2.51.